The van der Waals surface area contributed by atoms with Gasteiger partial charge in [-0.25, -0.2) is 0 Å². The smallest absolute Gasteiger partial charge is 0.160 e. The third-order valence-corrected chi connectivity index (χ3v) is 3.69. The fraction of sp³-hybridized carbons (Fsp3) is 0.222. The zero-order valence-corrected chi connectivity index (χ0v) is 8.12. The van der Waals surface area contributed by atoms with Gasteiger partial charge in [-0.05, 0) is 12.0 Å². The Bertz CT molecular complexity index is 333. The quantitative estimate of drug-likeness (QED) is 0.427. The van der Waals surface area contributed by atoms with Crippen LogP contribution in [0.15, 0.2) is 24.3 Å². The van der Waals surface area contributed by atoms with Gasteiger partial charge in [0.2, 0.25) is 0 Å². The van der Waals surface area contributed by atoms with Crippen molar-refractivity contribution < 1.29 is 4.68 Å². The summed E-state index contributed by atoms with van der Waals surface area (Å²) in [5.74, 6) is 2.18. The van der Waals surface area contributed by atoms with Crippen molar-refractivity contribution in [3.05, 3.63) is 29.7 Å². The zero-order valence-electron chi connectivity index (χ0n) is 7.23. The average Bonchev–Trinajstić information content (AvgIpc) is 2.04. The Balaban J connectivity index is 2.48. The van der Waals surface area contributed by atoms with E-state index in [0.717, 1.165) is 5.69 Å². The minimum absolute atomic E-state index is 0.140. The van der Waals surface area contributed by atoms with Crippen LogP contribution in [0.2, 0.25) is 0 Å². The number of fused-ring (bicyclic) bond motifs is 1. The van der Waals surface area contributed by atoms with E-state index in [-0.39, 0.29) is 7.92 Å². The molecule has 0 aromatic heterocycles. The normalized spacial score (nSPS) is 20.8. The highest BCUT2D eigenvalue weighted by molar-refractivity contribution is 7.79. The van der Waals surface area contributed by atoms with E-state index in [1.807, 2.05) is 17.8 Å². The minimum atomic E-state index is -0.140. The molecule has 0 radical (unpaired) electrons. The van der Waals surface area contributed by atoms with E-state index < -0.39 is 0 Å². The summed E-state index contributed by atoms with van der Waals surface area (Å²) in [6, 6.07) is 8.34. The number of hydrogen-bond acceptors (Lipinski definition) is 0. The van der Waals surface area contributed by atoms with Crippen LogP contribution in [0.1, 0.15) is 0 Å². The van der Waals surface area contributed by atoms with E-state index in [9.17, 15) is 0 Å². The molecule has 1 atom stereocenters. The third kappa shape index (κ3) is 1.23. The molecule has 1 heterocycles. The number of hydrogen-bond donors (Lipinski definition) is 0. The topological polar surface area (TPSA) is 17.1 Å². The second-order valence-electron chi connectivity index (χ2n) is 2.89. The van der Waals surface area contributed by atoms with Gasteiger partial charge in [0, 0.05) is 7.92 Å². The summed E-state index contributed by atoms with van der Waals surface area (Å²) < 4.78 is 1.91. The SMILES string of the molecule is C[N+]1=CP(C)c2ccccc2[N-]1. The van der Waals surface area contributed by atoms with E-state index in [2.05, 4.69) is 36.2 Å². The Morgan fingerprint density at radius 1 is 1.33 bits per heavy atom. The second kappa shape index (κ2) is 2.87. The summed E-state index contributed by atoms with van der Waals surface area (Å²) in [6.07, 6.45) is 0. The summed E-state index contributed by atoms with van der Waals surface area (Å²) in [5.41, 5.74) is 5.51. The number of benzene rings is 1. The molecule has 0 N–H and O–H groups in total. The second-order valence-corrected chi connectivity index (χ2v) is 4.82. The maximum absolute atomic E-state index is 4.39. The molecule has 12 heavy (non-hydrogen) atoms. The fourth-order valence-electron chi connectivity index (χ4n) is 1.36. The summed E-state index contributed by atoms with van der Waals surface area (Å²) in [5, 5.41) is 1.38. The first-order valence-corrected chi connectivity index (χ1v) is 5.74. The predicted octanol–water partition coefficient (Wildman–Crippen LogP) is 2.03. The minimum Gasteiger partial charge on any atom is -0.410 e. The van der Waals surface area contributed by atoms with Crippen LogP contribution in [-0.4, -0.2) is 24.4 Å². The van der Waals surface area contributed by atoms with Crippen LogP contribution >= 0.6 is 7.92 Å². The molecule has 2 nitrogen and oxygen atoms in total. The van der Waals surface area contributed by atoms with E-state index >= 15 is 0 Å². The van der Waals surface area contributed by atoms with Crippen LogP contribution in [0, 0.1) is 0 Å². The molecule has 0 bridgehead atoms. The zero-order chi connectivity index (χ0) is 8.55. The van der Waals surface area contributed by atoms with E-state index in [4.69, 9.17) is 0 Å². The Hall–Kier alpha value is -0.880. The highest BCUT2D eigenvalue weighted by Crippen LogP contribution is 2.36. The number of nitrogens with zero attached hydrogens (tertiary/aromatic N) is 2. The maximum Gasteiger partial charge on any atom is 0.160 e. The van der Waals surface area contributed by atoms with Gasteiger partial charge in [-0.3, -0.25) is 4.68 Å². The van der Waals surface area contributed by atoms with E-state index in [1.165, 1.54) is 5.30 Å². The molecule has 0 aliphatic carbocycles. The molecular formula is C9H11N2P. The first-order chi connectivity index (χ1) is 5.77. The van der Waals surface area contributed by atoms with E-state index in [1.54, 1.807) is 0 Å². The van der Waals surface area contributed by atoms with Crippen molar-refractivity contribution in [3.63, 3.8) is 0 Å². The van der Waals surface area contributed by atoms with Gasteiger partial charge in [0.05, 0.1) is 0 Å². The molecule has 0 fully saturated rings. The van der Waals surface area contributed by atoms with Crippen LogP contribution in [0.3, 0.4) is 0 Å². The van der Waals surface area contributed by atoms with E-state index in [0.29, 0.717) is 0 Å². The highest BCUT2D eigenvalue weighted by Gasteiger charge is 2.10. The average molecular weight is 178 g/mol. The summed E-state index contributed by atoms with van der Waals surface area (Å²) in [7, 11) is 1.84. The third-order valence-electron chi connectivity index (χ3n) is 1.87. The van der Waals surface area contributed by atoms with Crippen molar-refractivity contribution in [1.82, 2.24) is 0 Å². The monoisotopic (exact) mass is 178 g/mol. The highest BCUT2D eigenvalue weighted by atomic mass is 31.1. The first-order valence-electron chi connectivity index (χ1n) is 3.89. The first kappa shape index (κ1) is 7.75. The lowest BCUT2D eigenvalue weighted by Crippen LogP contribution is -2.13. The van der Waals surface area contributed by atoms with Gasteiger partial charge in [-0.1, -0.05) is 30.0 Å². The van der Waals surface area contributed by atoms with Crippen molar-refractivity contribution in [2.75, 3.05) is 13.7 Å². The molecule has 0 amide bonds. The maximum atomic E-state index is 4.39. The molecular weight excluding hydrogens is 167 g/mol. The Kier molecular flexibility index (Phi) is 1.86. The molecule has 0 spiro atoms. The molecule has 1 aliphatic rings. The largest absolute Gasteiger partial charge is 0.410 e. The summed E-state index contributed by atoms with van der Waals surface area (Å²) in [6.45, 7) is 2.25. The predicted molar refractivity (Wildman–Crippen MR) is 54.2 cm³/mol. The van der Waals surface area contributed by atoms with Crippen molar-refractivity contribution >= 4 is 24.9 Å². The lowest BCUT2D eigenvalue weighted by Gasteiger charge is -2.26. The van der Waals surface area contributed by atoms with Gasteiger partial charge >= 0.3 is 0 Å². The van der Waals surface area contributed by atoms with Crippen molar-refractivity contribution in [1.29, 1.82) is 0 Å². The van der Waals surface area contributed by atoms with Gasteiger partial charge in [-0.15, -0.1) is 0 Å². The van der Waals surface area contributed by atoms with Crippen molar-refractivity contribution in [2.45, 2.75) is 0 Å². The van der Waals surface area contributed by atoms with Gasteiger partial charge < -0.3 is 5.43 Å². The van der Waals surface area contributed by atoms with Crippen LogP contribution in [0.25, 0.3) is 5.43 Å². The Morgan fingerprint density at radius 2 is 2.08 bits per heavy atom. The summed E-state index contributed by atoms with van der Waals surface area (Å²) >= 11 is 0. The fourth-order valence-corrected chi connectivity index (χ4v) is 2.83. The van der Waals surface area contributed by atoms with Crippen LogP contribution in [-0.2, 0) is 0 Å². The molecule has 1 aromatic rings. The van der Waals surface area contributed by atoms with Crippen LogP contribution in [0.4, 0.5) is 5.69 Å². The van der Waals surface area contributed by atoms with Crippen molar-refractivity contribution in [3.8, 4) is 0 Å². The molecule has 1 unspecified atom stereocenters. The molecule has 62 valence electrons. The lowest BCUT2D eigenvalue weighted by molar-refractivity contribution is -0.430. The van der Waals surface area contributed by atoms with Gasteiger partial charge in [-0.2, -0.15) is 0 Å². The standard InChI is InChI=1S/C9H11N2P/c1-11-7-12(2)9-6-4-3-5-8(9)10-11/h3-7H,1-2H3. The summed E-state index contributed by atoms with van der Waals surface area (Å²) in [4.78, 5) is 0. The lowest BCUT2D eigenvalue weighted by atomic mass is 10.3. The van der Waals surface area contributed by atoms with Gasteiger partial charge in [0.25, 0.3) is 0 Å². The molecule has 0 saturated carbocycles. The van der Waals surface area contributed by atoms with Crippen molar-refractivity contribution in [2.24, 2.45) is 0 Å². The molecule has 1 aliphatic heterocycles. The Labute approximate surface area is 73.6 Å². The molecule has 0 saturated heterocycles. The molecule has 1 aromatic carbocycles. The molecule has 2 rings (SSSR count). The van der Waals surface area contributed by atoms with Crippen LogP contribution < -0.4 is 5.30 Å². The van der Waals surface area contributed by atoms with Gasteiger partial charge in [0.1, 0.15) is 7.05 Å². The number of rotatable bonds is 0. The van der Waals surface area contributed by atoms with Crippen LogP contribution in [0.5, 0.6) is 0 Å². The van der Waals surface area contributed by atoms with Gasteiger partial charge in [0.15, 0.2) is 5.96 Å². The molecule has 3 heteroatoms. The Morgan fingerprint density at radius 3 is 2.92 bits per heavy atom.